The number of rotatable bonds is 1. The first-order chi connectivity index (χ1) is 4.61. The predicted molar refractivity (Wildman–Crippen MR) is 39.4 cm³/mol. The zero-order valence-corrected chi connectivity index (χ0v) is 6.08. The number of dihydropyridines is 1. The van der Waals surface area contributed by atoms with Crippen molar-refractivity contribution < 1.29 is 8.42 Å². The summed E-state index contributed by atoms with van der Waals surface area (Å²) in [7, 11) is -3.43. The first kappa shape index (κ1) is 7.43. The minimum absolute atomic E-state index is 0.245. The molecule has 1 aliphatic heterocycles. The van der Waals surface area contributed by atoms with Crippen LogP contribution in [0.1, 0.15) is 0 Å². The summed E-state index contributed by atoms with van der Waals surface area (Å²) in [6.45, 7) is 0.245. The Morgan fingerprint density at radius 1 is 1.60 bits per heavy atom. The molecule has 0 spiro atoms. The molecule has 0 aliphatic carbocycles. The van der Waals surface area contributed by atoms with E-state index in [0.29, 0.717) is 0 Å². The van der Waals surface area contributed by atoms with Crippen LogP contribution >= 0.6 is 0 Å². The third-order valence-electron chi connectivity index (χ3n) is 1.22. The van der Waals surface area contributed by atoms with Gasteiger partial charge in [-0.2, -0.15) is 0 Å². The lowest BCUT2D eigenvalue weighted by atomic mass is 10.3. The van der Waals surface area contributed by atoms with Gasteiger partial charge in [-0.05, 0) is 6.08 Å². The lowest BCUT2D eigenvalue weighted by Crippen LogP contribution is -2.30. The number of primary sulfonamides is 1. The van der Waals surface area contributed by atoms with Crippen molar-refractivity contribution in [3.8, 4) is 0 Å². The first-order valence-corrected chi connectivity index (χ1v) is 4.40. The lowest BCUT2D eigenvalue weighted by molar-refractivity contribution is 0.590. The monoisotopic (exact) mass is 160 g/mol. The number of sulfonamides is 1. The van der Waals surface area contributed by atoms with Crippen LogP contribution in [0.4, 0.5) is 0 Å². The van der Waals surface area contributed by atoms with Crippen LogP contribution in [0.3, 0.4) is 0 Å². The summed E-state index contributed by atoms with van der Waals surface area (Å²) >= 11 is 0. The summed E-state index contributed by atoms with van der Waals surface area (Å²) in [4.78, 5) is 3.75. The van der Waals surface area contributed by atoms with Gasteiger partial charge in [0.15, 0.2) is 0 Å². The Hall–Kier alpha value is -0.680. The molecule has 4 nitrogen and oxygen atoms in total. The van der Waals surface area contributed by atoms with Gasteiger partial charge < -0.3 is 0 Å². The maximum atomic E-state index is 10.6. The number of nitrogens with zero attached hydrogens (tertiary/aromatic N) is 1. The fourth-order valence-corrected chi connectivity index (χ4v) is 1.28. The van der Waals surface area contributed by atoms with Crippen molar-refractivity contribution >= 4 is 16.2 Å². The molecular weight excluding hydrogens is 152 g/mol. The van der Waals surface area contributed by atoms with E-state index in [4.69, 9.17) is 5.14 Å². The van der Waals surface area contributed by atoms with Crippen LogP contribution in [0.15, 0.2) is 17.1 Å². The van der Waals surface area contributed by atoms with Crippen molar-refractivity contribution in [2.45, 2.75) is 5.25 Å². The average Bonchev–Trinajstić information content (AvgIpc) is 1.88. The van der Waals surface area contributed by atoms with Gasteiger partial charge in [0.05, 0.1) is 6.54 Å². The number of hydrogen-bond donors (Lipinski definition) is 1. The van der Waals surface area contributed by atoms with E-state index >= 15 is 0 Å². The molecule has 0 saturated carbocycles. The lowest BCUT2D eigenvalue weighted by Gasteiger charge is -2.08. The molecule has 0 radical (unpaired) electrons. The topological polar surface area (TPSA) is 72.5 Å². The van der Waals surface area contributed by atoms with E-state index < -0.39 is 15.3 Å². The van der Waals surface area contributed by atoms with E-state index in [0.717, 1.165) is 0 Å². The molecule has 0 aromatic carbocycles. The zero-order valence-electron chi connectivity index (χ0n) is 5.27. The Kier molecular flexibility index (Phi) is 1.87. The van der Waals surface area contributed by atoms with E-state index in [1.807, 2.05) is 0 Å². The van der Waals surface area contributed by atoms with Crippen LogP contribution in [0.2, 0.25) is 0 Å². The molecule has 0 aromatic rings. The van der Waals surface area contributed by atoms with Crippen LogP contribution in [0.5, 0.6) is 0 Å². The Labute approximate surface area is 59.5 Å². The summed E-state index contributed by atoms with van der Waals surface area (Å²) < 4.78 is 21.3. The highest BCUT2D eigenvalue weighted by Crippen LogP contribution is 2.01. The smallest absolute Gasteiger partial charge is 0.217 e. The molecule has 1 atom stereocenters. The molecular formula is C5H8N2O2S. The van der Waals surface area contributed by atoms with Gasteiger partial charge in [0, 0.05) is 6.21 Å². The second-order valence-corrected chi connectivity index (χ2v) is 3.81. The third kappa shape index (κ3) is 1.65. The van der Waals surface area contributed by atoms with Crippen molar-refractivity contribution in [1.29, 1.82) is 0 Å². The molecule has 0 bridgehead atoms. The molecule has 0 aromatic heterocycles. The van der Waals surface area contributed by atoms with Crippen molar-refractivity contribution in [1.82, 2.24) is 0 Å². The number of hydrogen-bond acceptors (Lipinski definition) is 3. The Morgan fingerprint density at radius 2 is 2.30 bits per heavy atom. The van der Waals surface area contributed by atoms with Crippen molar-refractivity contribution in [3.63, 3.8) is 0 Å². The highest BCUT2D eigenvalue weighted by molar-refractivity contribution is 7.90. The second-order valence-electron chi connectivity index (χ2n) is 2.03. The fourth-order valence-electron chi connectivity index (χ4n) is 0.673. The number of allylic oxidation sites excluding steroid dienone is 1. The molecule has 1 rings (SSSR count). The normalized spacial score (nSPS) is 25.1. The van der Waals surface area contributed by atoms with Crippen LogP contribution in [-0.4, -0.2) is 26.4 Å². The Morgan fingerprint density at radius 3 is 2.60 bits per heavy atom. The van der Waals surface area contributed by atoms with Crippen LogP contribution < -0.4 is 5.14 Å². The van der Waals surface area contributed by atoms with Crippen molar-refractivity contribution in [2.75, 3.05) is 6.54 Å². The summed E-state index contributed by atoms with van der Waals surface area (Å²) in [5.41, 5.74) is 0. The minimum atomic E-state index is -3.43. The summed E-state index contributed by atoms with van der Waals surface area (Å²) in [6.07, 6.45) is 4.67. The molecule has 2 N–H and O–H groups in total. The molecule has 56 valence electrons. The first-order valence-electron chi connectivity index (χ1n) is 2.79. The van der Waals surface area contributed by atoms with Crippen molar-refractivity contribution in [2.24, 2.45) is 10.1 Å². The summed E-state index contributed by atoms with van der Waals surface area (Å²) in [6, 6.07) is 0. The largest absolute Gasteiger partial charge is 0.291 e. The molecule has 0 saturated heterocycles. The maximum absolute atomic E-state index is 10.6. The van der Waals surface area contributed by atoms with Gasteiger partial charge in [0.2, 0.25) is 10.0 Å². The molecule has 1 heterocycles. The van der Waals surface area contributed by atoms with Gasteiger partial charge in [-0.25, -0.2) is 13.6 Å². The molecule has 1 unspecified atom stereocenters. The predicted octanol–water partition coefficient (Wildman–Crippen LogP) is -0.716. The van der Waals surface area contributed by atoms with Gasteiger partial charge in [0.1, 0.15) is 5.25 Å². The average molecular weight is 160 g/mol. The molecule has 1 aliphatic rings. The Bertz CT molecular complexity index is 265. The molecule has 0 fully saturated rings. The summed E-state index contributed by atoms with van der Waals surface area (Å²) in [5, 5.41) is 4.23. The third-order valence-corrected chi connectivity index (χ3v) is 2.37. The Balaban J connectivity index is 2.79. The van der Waals surface area contributed by atoms with Crippen molar-refractivity contribution in [3.05, 3.63) is 12.2 Å². The number of aliphatic imine (C=N–C) groups is 1. The SMILES string of the molecule is NS(=O)(=O)C1C=CC=NC1. The van der Waals surface area contributed by atoms with E-state index in [-0.39, 0.29) is 6.54 Å². The van der Waals surface area contributed by atoms with E-state index in [9.17, 15) is 8.42 Å². The maximum Gasteiger partial charge on any atom is 0.217 e. The van der Waals surface area contributed by atoms with Gasteiger partial charge in [-0.3, -0.25) is 4.99 Å². The molecule has 10 heavy (non-hydrogen) atoms. The fraction of sp³-hybridized carbons (Fsp3) is 0.400. The van der Waals surface area contributed by atoms with Gasteiger partial charge >= 0.3 is 0 Å². The second kappa shape index (κ2) is 2.51. The standard InChI is InChI=1S/C5H8N2O2S/c6-10(8,9)5-2-1-3-7-4-5/h1-3,5H,4H2,(H2,6,8,9). The quantitative estimate of drug-likeness (QED) is 0.550. The van der Waals surface area contributed by atoms with Gasteiger partial charge in [-0.15, -0.1) is 0 Å². The van der Waals surface area contributed by atoms with Crippen LogP contribution in [0.25, 0.3) is 0 Å². The highest BCUT2D eigenvalue weighted by Gasteiger charge is 2.17. The number of nitrogens with two attached hydrogens (primary N) is 1. The summed E-state index contributed by atoms with van der Waals surface area (Å²) in [5.74, 6) is 0. The zero-order chi connectivity index (χ0) is 7.61. The van der Waals surface area contributed by atoms with E-state index in [1.165, 1.54) is 6.08 Å². The van der Waals surface area contributed by atoms with Crippen LogP contribution in [0, 0.1) is 0 Å². The van der Waals surface area contributed by atoms with Gasteiger partial charge in [0.25, 0.3) is 0 Å². The van der Waals surface area contributed by atoms with Gasteiger partial charge in [-0.1, -0.05) is 6.08 Å². The van der Waals surface area contributed by atoms with E-state index in [2.05, 4.69) is 4.99 Å². The molecule has 5 heteroatoms. The molecule has 0 amide bonds. The van der Waals surface area contributed by atoms with E-state index in [1.54, 1.807) is 12.3 Å². The minimum Gasteiger partial charge on any atom is -0.291 e. The van der Waals surface area contributed by atoms with Crippen LogP contribution in [-0.2, 0) is 10.0 Å². The highest BCUT2D eigenvalue weighted by atomic mass is 32.2.